The summed E-state index contributed by atoms with van der Waals surface area (Å²) < 4.78 is 0. The highest BCUT2D eigenvalue weighted by Crippen LogP contribution is 2.35. The van der Waals surface area contributed by atoms with E-state index in [4.69, 9.17) is 0 Å². The van der Waals surface area contributed by atoms with E-state index in [2.05, 4.69) is 5.32 Å². The molecule has 2 aliphatic heterocycles. The summed E-state index contributed by atoms with van der Waals surface area (Å²) in [5.41, 5.74) is -0.616. The lowest BCUT2D eigenvalue weighted by Gasteiger charge is -2.39. The number of hydrogen-bond donors (Lipinski definition) is 2. The van der Waals surface area contributed by atoms with Gasteiger partial charge in [0.2, 0.25) is 5.91 Å². The van der Waals surface area contributed by atoms with Crippen LogP contribution >= 0.6 is 11.8 Å². The molecule has 0 aromatic heterocycles. The number of piperidine rings is 1. The number of nitrogens with one attached hydrogen (secondary N) is 1. The zero-order chi connectivity index (χ0) is 13.2. The van der Waals surface area contributed by atoms with Gasteiger partial charge in [0.25, 0.3) is 0 Å². The number of hydrogen-bond acceptors (Lipinski definition) is 4. The van der Waals surface area contributed by atoms with Crippen molar-refractivity contribution in [3.05, 3.63) is 0 Å². The van der Waals surface area contributed by atoms with Crippen LogP contribution in [-0.4, -0.2) is 52.6 Å². The Labute approximate surface area is 111 Å². The van der Waals surface area contributed by atoms with Crippen molar-refractivity contribution in [1.82, 2.24) is 10.2 Å². The second-order valence-electron chi connectivity index (χ2n) is 5.04. The molecule has 0 bridgehead atoms. The number of carboxylic acid groups (broad SMARTS) is 1. The van der Waals surface area contributed by atoms with Gasteiger partial charge < -0.3 is 10.0 Å². The number of likely N-dealkylation sites (tertiary alicyclic amines) is 1. The van der Waals surface area contributed by atoms with Gasteiger partial charge in [0.05, 0.1) is 11.5 Å². The summed E-state index contributed by atoms with van der Waals surface area (Å²) in [4.78, 5) is 25.3. The molecule has 18 heavy (non-hydrogen) atoms. The van der Waals surface area contributed by atoms with Crippen LogP contribution < -0.4 is 5.32 Å². The Morgan fingerprint density at radius 2 is 2.11 bits per heavy atom. The molecule has 0 radical (unpaired) electrons. The van der Waals surface area contributed by atoms with Crippen LogP contribution in [0.2, 0.25) is 0 Å². The van der Waals surface area contributed by atoms with Crippen molar-refractivity contribution in [2.45, 2.75) is 32.2 Å². The fourth-order valence-corrected chi connectivity index (χ4v) is 3.58. The van der Waals surface area contributed by atoms with Crippen molar-refractivity contribution < 1.29 is 14.7 Å². The van der Waals surface area contributed by atoms with Gasteiger partial charge in [-0.1, -0.05) is 6.92 Å². The first-order chi connectivity index (χ1) is 8.59. The summed E-state index contributed by atoms with van der Waals surface area (Å²) >= 11 is 1.73. The minimum atomic E-state index is -0.716. The van der Waals surface area contributed by atoms with Crippen LogP contribution in [0.25, 0.3) is 0 Å². The topological polar surface area (TPSA) is 69.6 Å². The SMILES string of the molecule is CCC1(C(=O)O)CCN(C(=O)C2CSCN2)CC1. The summed E-state index contributed by atoms with van der Waals surface area (Å²) in [6.45, 7) is 3.06. The highest BCUT2D eigenvalue weighted by atomic mass is 32.2. The summed E-state index contributed by atoms with van der Waals surface area (Å²) in [7, 11) is 0. The number of rotatable bonds is 3. The Balaban J connectivity index is 1.93. The van der Waals surface area contributed by atoms with Gasteiger partial charge in [-0.2, -0.15) is 0 Å². The summed E-state index contributed by atoms with van der Waals surface area (Å²) in [6, 6.07) is -0.0750. The number of carbonyl (C=O) groups is 2. The van der Waals surface area contributed by atoms with Crippen LogP contribution in [-0.2, 0) is 9.59 Å². The molecule has 2 fully saturated rings. The van der Waals surface area contributed by atoms with E-state index in [1.165, 1.54) is 0 Å². The zero-order valence-electron chi connectivity index (χ0n) is 10.6. The van der Waals surface area contributed by atoms with Gasteiger partial charge in [-0.05, 0) is 19.3 Å². The van der Waals surface area contributed by atoms with Gasteiger partial charge in [-0.25, -0.2) is 0 Å². The van der Waals surface area contributed by atoms with Crippen molar-refractivity contribution in [2.24, 2.45) is 5.41 Å². The molecule has 0 spiro atoms. The minimum Gasteiger partial charge on any atom is -0.481 e. The lowest BCUT2D eigenvalue weighted by atomic mass is 9.76. The fraction of sp³-hybridized carbons (Fsp3) is 0.833. The van der Waals surface area contributed by atoms with Gasteiger partial charge in [-0.15, -0.1) is 11.8 Å². The average Bonchev–Trinajstić information content (AvgIpc) is 2.91. The fourth-order valence-electron chi connectivity index (χ4n) is 2.65. The van der Waals surface area contributed by atoms with Crippen molar-refractivity contribution in [3.8, 4) is 0 Å². The molecule has 2 N–H and O–H groups in total. The maximum Gasteiger partial charge on any atom is 0.309 e. The van der Waals surface area contributed by atoms with Crippen LogP contribution in [0.4, 0.5) is 0 Å². The third-order valence-corrected chi connectivity index (χ3v) is 5.12. The average molecular weight is 272 g/mol. The second-order valence-corrected chi connectivity index (χ2v) is 6.07. The highest BCUT2D eigenvalue weighted by Gasteiger charge is 2.41. The lowest BCUT2D eigenvalue weighted by molar-refractivity contribution is -0.154. The molecule has 5 nitrogen and oxygen atoms in total. The first-order valence-electron chi connectivity index (χ1n) is 6.42. The molecule has 1 amide bonds. The predicted octanol–water partition coefficient (Wildman–Crippen LogP) is 0.752. The van der Waals surface area contributed by atoms with Crippen molar-refractivity contribution in [2.75, 3.05) is 24.7 Å². The Hall–Kier alpha value is -0.750. The normalized spacial score (nSPS) is 27.2. The van der Waals surface area contributed by atoms with E-state index in [-0.39, 0.29) is 11.9 Å². The van der Waals surface area contributed by atoms with Crippen LogP contribution in [0.5, 0.6) is 0 Å². The number of carboxylic acids is 1. The van der Waals surface area contributed by atoms with Gasteiger partial charge >= 0.3 is 5.97 Å². The van der Waals surface area contributed by atoms with E-state index in [9.17, 15) is 14.7 Å². The molecule has 0 aliphatic carbocycles. The van der Waals surface area contributed by atoms with E-state index < -0.39 is 11.4 Å². The largest absolute Gasteiger partial charge is 0.481 e. The van der Waals surface area contributed by atoms with E-state index in [1.807, 2.05) is 11.8 Å². The quantitative estimate of drug-likeness (QED) is 0.793. The monoisotopic (exact) mass is 272 g/mol. The maximum absolute atomic E-state index is 12.2. The van der Waals surface area contributed by atoms with E-state index in [1.54, 1.807) is 11.8 Å². The van der Waals surface area contributed by atoms with Crippen LogP contribution in [0.15, 0.2) is 0 Å². The predicted molar refractivity (Wildman–Crippen MR) is 70.4 cm³/mol. The van der Waals surface area contributed by atoms with Crippen molar-refractivity contribution >= 4 is 23.6 Å². The van der Waals surface area contributed by atoms with Crippen LogP contribution in [0, 0.1) is 5.41 Å². The van der Waals surface area contributed by atoms with Crippen LogP contribution in [0.3, 0.4) is 0 Å². The standard InChI is InChI=1S/C12H20N2O3S/c1-2-12(11(16)17)3-5-14(6-4-12)10(15)9-7-18-8-13-9/h9,13H,2-8H2,1H3,(H,16,17). The first-order valence-corrected chi connectivity index (χ1v) is 7.58. The molecular weight excluding hydrogens is 252 g/mol. The molecule has 2 heterocycles. The molecule has 6 heteroatoms. The minimum absolute atomic E-state index is 0.0750. The molecule has 2 rings (SSSR count). The molecule has 102 valence electrons. The molecule has 0 saturated carbocycles. The van der Waals surface area contributed by atoms with E-state index in [0.717, 1.165) is 11.6 Å². The molecule has 1 atom stereocenters. The Morgan fingerprint density at radius 1 is 1.44 bits per heavy atom. The molecule has 0 aromatic carbocycles. The molecule has 2 saturated heterocycles. The summed E-state index contributed by atoms with van der Waals surface area (Å²) in [5.74, 6) is 1.08. The zero-order valence-corrected chi connectivity index (χ0v) is 11.5. The van der Waals surface area contributed by atoms with Gasteiger partial charge in [0.15, 0.2) is 0 Å². The summed E-state index contributed by atoms with van der Waals surface area (Å²) in [5, 5.41) is 12.5. The third-order valence-electron chi connectivity index (χ3n) is 4.18. The molecular formula is C12H20N2O3S. The van der Waals surface area contributed by atoms with Gasteiger partial charge in [0, 0.05) is 24.7 Å². The van der Waals surface area contributed by atoms with Gasteiger partial charge in [-0.3, -0.25) is 14.9 Å². The van der Waals surface area contributed by atoms with Crippen molar-refractivity contribution in [3.63, 3.8) is 0 Å². The lowest BCUT2D eigenvalue weighted by Crippen LogP contribution is -2.51. The van der Waals surface area contributed by atoms with E-state index >= 15 is 0 Å². The second kappa shape index (κ2) is 5.48. The van der Waals surface area contributed by atoms with Gasteiger partial charge in [0.1, 0.15) is 0 Å². The molecule has 2 aliphatic rings. The van der Waals surface area contributed by atoms with E-state index in [0.29, 0.717) is 32.4 Å². The first kappa shape index (κ1) is 13.7. The third kappa shape index (κ3) is 2.49. The molecule has 1 unspecified atom stereocenters. The number of thioether (sulfide) groups is 1. The van der Waals surface area contributed by atoms with Crippen molar-refractivity contribution in [1.29, 1.82) is 0 Å². The Bertz CT molecular complexity index is 334. The molecule has 0 aromatic rings. The highest BCUT2D eigenvalue weighted by molar-refractivity contribution is 7.99. The summed E-state index contributed by atoms with van der Waals surface area (Å²) in [6.07, 6.45) is 1.79. The number of aliphatic carboxylic acids is 1. The smallest absolute Gasteiger partial charge is 0.309 e. The van der Waals surface area contributed by atoms with Crippen LogP contribution in [0.1, 0.15) is 26.2 Å². The number of amides is 1. The number of nitrogens with zero attached hydrogens (tertiary/aromatic N) is 1. The maximum atomic E-state index is 12.2. The number of carbonyl (C=O) groups excluding carboxylic acids is 1. The Morgan fingerprint density at radius 3 is 2.56 bits per heavy atom. The Kier molecular flexibility index (Phi) is 4.17.